The van der Waals surface area contributed by atoms with Crippen molar-refractivity contribution >= 4 is 39.9 Å². The van der Waals surface area contributed by atoms with Crippen LogP contribution < -0.4 is 10.1 Å². The van der Waals surface area contributed by atoms with Crippen LogP contribution in [-0.2, 0) is 4.79 Å². The van der Waals surface area contributed by atoms with Gasteiger partial charge in [0.25, 0.3) is 5.69 Å². The highest BCUT2D eigenvalue weighted by Crippen LogP contribution is 2.31. The maximum absolute atomic E-state index is 12.6. The summed E-state index contributed by atoms with van der Waals surface area (Å²) in [5.41, 5.74) is 2.98. The molecule has 29 heavy (non-hydrogen) atoms. The number of fused-ring (bicyclic) bond motifs is 1. The van der Waals surface area contributed by atoms with Crippen LogP contribution in [0.25, 0.3) is 10.9 Å². The van der Waals surface area contributed by atoms with Gasteiger partial charge in [0.2, 0.25) is 5.91 Å². The van der Waals surface area contributed by atoms with E-state index in [1.807, 2.05) is 38.1 Å². The number of hydrogen-bond donors (Lipinski definition) is 1. The van der Waals surface area contributed by atoms with Crippen molar-refractivity contribution in [1.29, 1.82) is 0 Å². The Kier molecular flexibility index (Phi) is 6.03. The first kappa shape index (κ1) is 20.6. The number of anilines is 1. The highest BCUT2D eigenvalue weighted by Gasteiger charge is 2.21. The molecule has 7 nitrogen and oxygen atoms in total. The molecule has 0 saturated heterocycles. The number of nitrogens with zero attached hydrogens (tertiary/aromatic N) is 2. The van der Waals surface area contributed by atoms with Gasteiger partial charge in [-0.2, -0.15) is 0 Å². The minimum atomic E-state index is -0.549. The van der Waals surface area contributed by atoms with E-state index in [4.69, 9.17) is 9.72 Å². The molecule has 1 aromatic heterocycles. The quantitative estimate of drug-likeness (QED) is 0.353. The van der Waals surface area contributed by atoms with Crippen molar-refractivity contribution in [1.82, 2.24) is 4.98 Å². The topological polar surface area (TPSA) is 94.4 Å². The first-order valence-corrected chi connectivity index (χ1v) is 9.85. The van der Waals surface area contributed by atoms with Gasteiger partial charge in [-0.1, -0.05) is 30.0 Å². The lowest BCUT2D eigenvalue weighted by atomic mass is 10.1. The molecule has 0 aliphatic rings. The van der Waals surface area contributed by atoms with Gasteiger partial charge in [0.1, 0.15) is 11.4 Å². The number of ether oxygens (including phenoxy) is 1. The van der Waals surface area contributed by atoms with E-state index in [0.29, 0.717) is 5.75 Å². The normalized spacial score (nSPS) is 11.9. The molecule has 150 valence electrons. The Morgan fingerprint density at radius 2 is 1.97 bits per heavy atom. The molecule has 0 aliphatic heterocycles. The predicted molar refractivity (Wildman–Crippen MR) is 115 cm³/mol. The zero-order chi connectivity index (χ0) is 21.1. The zero-order valence-corrected chi connectivity index (χ0v) is 17.4. The van der Waals surface area contributed by atoms with Crippen LogP contribution in [0, 0.1) is 24.0 Å². The van der Waals surface area contributed by atoms with Gasteiger partial charge in [-0.15, -0.1) is 0 Å². The Morgan fingerprint density at radius 3 is 2.66 bits per heavy atom. The molecule has 0 radical (unpaired) electrons. The van der Waals surface area contributed by atoms with E-state index in [2.05, 4.69) is 5.32 Å². The number of methoxy groups -OCH3 is 1. The van der Waals surface area contributed by atoms with Crippen LogP contribution in [0.1, 0.15) is 18.1 Å². The second kappa shape index (κ2) is 8.48. The van der Waals surface area contributed by atoms with Crippen molar-refractivity contribution < 1.29 is 14.5 Å². The van der Waals surface area contributed by atoms with E-state index in [9.17, 15) is 14.9 Å². The molecular weight excluding hydrogens is 390 g/mol. The number of amides is 1. The lowest BCUT2D eigenvalue weighted by Gasteiger charge is -2.14. The van der Waals surface area contributed by atoms with Gasteiger partial charge in [-0.3, -0.25) is 14.9 Å². The fraction of sp³-hybridized carbons (Fsp3) is 0.238. The van der Waals surface area contributed by atoms with E-state index < -0.39 is 10.2 Å². The first-order valence-electron chi connectivity index (χ1n) is 8.97. The van der Waals surface area contributed by atoms with Crippen molar-refractivity contribution in [2.24, 2.45) is 0 Å². The standard InChI is InChI=1S/C21H21N3O4S/c1-12-6-5-7-16-13(2)10-19(23-20(12)16)29-14(3)21(25)22-17-9-8-15(28-4)11-18(17)24(26)27/h5-11,14H,1-4H3,(H,22,25)/t14-/m0/s1. The number of para-hydroxylation sites is 1. The summed E-state index contributed by atoms with van der Waals surface area (Å²) < 4.78 is 5.02. The Labute approximate surface area is 172 Å². The summed E-state index contributed by atoms with van der Waals surface area (Å²) >= 11 is 1.31. The average molecular weight is 411 g/mol. The maximum atomic E-state index is 12.6. The summed E-state index contributed by atoms with van der Waals surface area (Å²) in [6, 6.07) is 12.3. The zero-order valence-electron chi connectivity index (χ0n) is 16.6. The Bertz CT molecular complexity index is 1100. The minimum absolute atomic E-state index is 0.131. The second-order valence-electron chi connectivity index (χ2n) is 6.64. The van der Waals surface area contributed by atoms with Crippen LogP contribution in [0.15, 0.2) is 47.5 Å². The monoisotopic (exact) mass is 411 g/mol. The van der Waals surface area contributed by atoms with Crippen LogP contribution in [0.4, 0.5) is 11.4 Å². The van der Waals surface area contributed by atoms with Crippen molar-refractivity contribution in [3.8, 4) is 5.75 Å². The van der Waals surface area contributed by atoms with Crippen molar-refractivity contribution in [2.75, 3.05) is 12.4 Å². The van der Waals surface area contributed by atoms with Crippen LogP contribution >= 0.6 is 11.8 Å². The fourth-order valence-electron chi connectivity index (χ4n) is 2.96. The summed E-state index contributed by atoms with van der Waals surface area (Å²) in [5.74, 6) is 0.0101. The first-order chi connectivity index (χ1) is 13.8. The molecule has 2 aromatic carbocycles. The second-order valence-corrected chi connectivity index (χ2v) is 8.00. The highest BCUT2D eigenvalue weighted by molar-refractivity contribution is 8.00. The van der Waals surface area contributed by atoms with E-state index in [1.54, 1.807) is 13.0 Å². The predicted octanol–water partition coefficient (Wildman–Crippen LogP) is 4.89. The van der Waals surface area contributed by atoms with Crippen molar-refractivity contribution in [2.45, 2.75) is 31.0 Å². The number of nitrogens with one attached hydrogen (secondary N) is 1. The molecule has 0 fully saturated rings. The van der Waals surface area contributed by atoms with Gasteiger partial charge >= 0.3 is 0 Å². The van der Waals surface area contributed by atoms with Gasteiger partial charge < -0.3 is 10.1 Å². The average Bonchev–Trinajstić information content (AvgIpc) is 2.69. The molecule has 3 aromatic rings. The Hall–Kier alpha value is -3.13. The van der Waals surface area contributed by atoms with Gasteiger partial charge in [0.15, 0.2) is 0 Å². The summed E-state index contributed by atoms with van der Waals surface area (Å²) in [6.45, 7) is 5.76. The summed E-state index contributed by atoms with van der Waals surface area (Å²) in [7, 11) is 1.43. The number of aromatic nitrogens is 1. The van der Waals surface area contributed by atoms with E-state index in [0.717, 1.165) is 27.1 Å². The van der Waals surface area contributed by atoms with E-state index in [-0.39, 0.29) is 17.3 Å². The molecule has 1 atom stereocenters. The molecule has 0 aliphatic carbocycles. The lowest BCUT2D eigenvalue weighted by Crippen LogP contribution is -2.23. The number of rotatable bonds is 6. The molecule has 0 saturated carbocycles. The maximum Gasteiger partial charge on any atom is 0.296 e. The molecule has 3 rings (SSSR count). The summed E-state index contributed by atoms with van der Waals surface area (Å²) in [4.78, 5) is 28.1. The van der Waals surface area contributed by atoms with Crippen molar-refractivity contribution in [3.05, 3.63) is 63.7 Å². The third kappa shape index (κ3) is 4.48. The lowest BCUT2D eigenvalue weighted by molar-refractivity contribution is -0.384. The van der Waals surface area contributed by atoms with E-state index in [1.165, 1.54) is 31.0 Å². The number of hydrogen-bond acceptors (Lipinski definition) is 6. The molecule has 0 unspecified atom stereocenters. The van der Waals surface area contributed by atoms with Crippen LogP contribution in [0.5, 0.6) is 5.75 Å². The largest absolute Gasteiger partial charge is 0.496 e. The summed E-state index contributed by atoms with van der Waals surface area (Å²) in [6.07, 6.45) is 0. The number of aryl methyl sites for hydroxylation is 2. The third-order valence-corrected chi connectivity index (χ3v) is 5.57. The number of thioether (sulfide) groups is 1. The number of carbonyl (C=O) groups is 1. The highest BCUT2D eigenvalue weighted by atomic mass is 32.2. The molecule has 1 N–H and O–H groups in total. The number of pyridine rings is 1. The van der Waals surface area contributed by atoms with Crippen LogP contribution in [-0.4, -0.2) is 28.2 Å². The molecule has 1 heterocycles. The molecule has 0 bridgehead atoms. The fourth-order valence-corrected chi connectivity index (χ4v) is 3.87. The molecular formula is C21H21N3O4S. The van der Waals surface area contributed by atoms with E-state index >= 15 is 0 Å². The minimum Gasteiger partial charge on any atom is -0.496 e. The summed E-state index contributed by atoms with van der Waals surface area (Å²) in [5, 5.41) is 15.3. The number of benzene rings is 2. The molecule has 1 amide bonds. The molecule has 8 heteroatoms. The van der Waals surface area contributed by atoms with Crippen molar-refractivity contribution in [3.63, 3.8) is 0 Å². The Morgan fingerprint density at radius 1 is 1.21 bits per heavy atom. The molecule has 0 spiro atoms. The van der Waals surface area contributed by atoms with Crippen LogP contribution in [0.3, 0.4) is 0 Å². The van der Waals surface area contributed by atoms with Gasteiger partial charge in [-0.25, -0.2) is 4.98 Å². The van der Waals surface area contributed by atoms with Gasteiger partial charge in [-0.05, 0) is 50.1 Å². The number of carbonyl (C=O) groups excluding carboxylic acids is 1. The van der Waals surface area contributed by atoms with Crippen LogP contribution in [0.2, 0.25) is 0 Å². The van der Waals surface area contributed by atoms with Gasteiger partial charge in [0.05, 0.1) is 33.9 Å². The SMILES string of the molecule is COc1ccc(NC(=O)[C@H](C)Sc2cc(C)c3cccc(C)c3n2)c([N+](=O)[O-])c1. The third-order valence-electron chi connectivity index (χ3n) is 4.55. The number of nitro groups is 1. The smallest absolute Gasteiger partial charge is 0.296 e. The Balaban J connectivity index is 1.81. The van der Waals surface area contributed by atoms with Gasteiger partial charge in [0, 0.05) is 5.39 Å². The number of nitro benzene ring substituents is 1.